The van der Waals surface area contributed by atoms with Crippen molar-refractivity contribution in [3.05, 3.63) is 95.6 Å². The molecule has 2 atom stereocenters. The lowest BCUT2D eigenvalue weighted by molar-refractivity contribution is -0.0190. The van der Waals surface area contributed by atoms with E-state index in [0.29, 0.717) is 12.1 Å². The van der Waals surface area contributed by atoms with Crippen molar-refractivity contribution >= 4 is 21.4 Å². The normalized spacial score (nSPS) is 20.0. The van der Waals surface area contributed by atoms with Gasteiger partial charge in [-0.2, -0.15) is 5.10 Å². The lowest BCUT2D eigenvalue weighted by Gasteiger charge is -2.38. The fraction of sp³-hybridized carbons (Fsp3) is 0.174. The van der Waals surface area contributed by atoms with Crippen molar-refractivity contribution in [2.75, 3.05) is 11.0 Å². The predicted molar refractivity (Wildman–Crippen MR) is 117 cm³/mol. The molecule has 0 aromatic heterocycles. The summed E-state index contributed by atoms with van der Waals surface area (Å²) in [5, 5.41) is 6.94. The Morgan fingerprint density at radius 3 is 2.57 bits per heavy atom. The van der Waals surface area contributed by atoms with E-state index in [1.165, 1.54) is 0 Å². The van der Waals surface area contributed by atoms with Gasteiger partial charge < -0.3 is 4.74 Å². The first kappa shape index (κ1) is 18.7. The topological polar surface area (TPSA) is 71.0 Å². The summed E-state index contributed by atoms with van der Waals surface area (Å²) in [5.74, 6) is 0.872. The first-order valence-electron chi connectivity index (χ1n) is 9.72. The van der Waals surface area contributed by atoms with Crippen molar-refractivity contribution in [1.29, 1.82) is 0 Å². The van der Waals surface area contributed by atoms with Crippen molar-refractivity contribution in [2.24, 2.45) is 5.10 Å². The maximum Gasteiger partial charge on any atom is 0.229 e. The van der Waals surface area contributed by atoms with Crippen LogP contribution >= 0.6 is 0 Å². The molecule has 0 saturated heterocycles. The molecular weight excluding hydrogens is 398 g/mol. The number of para-hydroxylation sites is 1. The van der Waals surface area contributed by atoms with Gasteiger partial charge in [0.25, 0.3) is 0 Å². The number of ether oxygens (including phenoxy) is 1. The molecule has 2 aliphatic rings. The summed E-state index contributed by atoms with van der Waals surface area (Å²) in [4.78, 5) is 0. The molecule has 0 radical (unpaired) electrons. The second-order valence-electron chi connectivity index (χ2n) is 7.52. The summed E-state index contributed by atoms with van der Waals surface area (Å²) in [6.45, 7) is 0. The van der Waals surface area contributed by atoms with Crippen molar-refractivity contribution < 1.29 is 13.2 Å². The van der Waals surface area contributed by atoms with Gasteiger partial charge in [-0.3, -0.25) is 4.72 Å². The van der Waals surface area contributed by atoms with E-state index < -0.39 is 10.0 Å². The summed E-state index contributed by atoms with van der Waals surface area (Å²) in [6, 6.07) is 25.5. The zero-order valence-corrected chi connectivity index (χ0v) is 17.2. The number of nitrogens with one attached hydrogen (secondary N) is 1. The lowest BCUT2D eigenvalue weighted by Crippen LogP contribution is -2.33. The number of anilines is 1. The van der Waals surface area contributed by atoms with Crippen molar-refractivity contribution in [3.63, 3.8) is 0 Å². The van der Waals surface area contributed by atoms with Crippen molar-refractivity contribution in [1.82, 2.24) is 5.01 Å². The third kappa shape index (κ3) is 3.52. The van der Waals surface area contributed by atoms with Crippen LogP contribution in [0.1, 0.15) is 35.4 Å². The number of hydrogen-bond acceptors (Lipinski definition) is 5. The molecule has 0 spiro atoms. The molecule has 3 aromatic carbocycles. The highest BCUT2D eigenvalue weighted by Gasteiger charge is 2.40. The van der Waals surface area contributed by atoms with E-state index in [2.05, 4.69) is 10.8 Å². The highest BCUT2D eigenvalue weighted by atomic mass is 32.2. The molecule has 0 unspecified atom stereocenters. The van der Waals surface area contributed by atoms with Gasteiger partial charge in [-0.05, 0) is 23.8 Å². The smallest absolute Gasteiger partial charge is 0.229 e. The number of hydrazone groups is 1. The number of sulfonamides is 1. The van der Waals surface area contributed by atoms with Gasteiger partial charge in [0.15, 0.2) is 0 Å². The zero-order chi connectivity index (χ0) is 20.7. The van der Waals surface area contributed by atoms with Crippen LogP contribution in [0.4, 0.5) is 5.69 Å². The molecule has 6 nitrogen and oxygen atoms in total. The van der Waals surface area contributed by atoms with Gasteiger partial charge in [-0.1, -0.05) is 60.7 Å². The molecule has 0 fully saturated rings. The third-order valence-electron chi connectivity index (χ3n) is 5.28. The second-order valence-corrected chi connectivity index (χ2v) is 9.27. The molecule has 0 amide bonds. The van der Waals surface area contributed by atoms with Crippen molar-refractivity contribution in [2.45, 2.75) is 18.7 Å². The summed E-state index contributed by atoms with van der Waals surface area (Å²) in [5.41, 5.74) is 4.46. The summed E-state index contributed by atoms with van der Waals surface area (Å²) >= 11 is 0. The van der Waals surface area contributed by atoms with Crippen LogP contribution in [-0.2, 0) is 10.0 Å². The van der Waals surface area contributed by atoms with E-state index in [1.54, 1.807) is 6.07 Å². The number of rotatable bonds is 4. The Bertz CT molecular complexity index is 1230. The van der Waals surface area contributed by atoms with Crippen molar-refractivity contribution in [3.8, 4) is 5.75 Å². The van der Waals surface area contributed by atoms with Crippen LogP contribution in [-0.4, -0.2) is 25.4 Å². The van der Waals surface area contributed by atoms with Crippen LogP contribution in [0.25, 0.3) is 0 Å². The Labute approximate surface area is 175 Å². The molecule has 7 heteroatoms. The first-order valence-corrected chi connectivity index (χ1v) is 11.6. The molecule has 3 aromatic rings. The standard InChI is InChI=1S/C23H21N3O3S/c1-30(27,28)25-18-11-7-10-17(14-18)20-15-21-19-12-5-6-13-22(19)29-23(26(21)24-20)16-8-3-2-4-9-16/h2-14,21,23,25H,15H2,1H3/t21-,23-/m1/s1. The molecule has 30 heavy (non-hydrogen) atoms. The molecule has 0 aliphatic carbocycles. The van der Waals surface area contributed by atoms with Gasteiger partial charge in [0.1, 0.15) is 5.75 Å². The molecule has 152 valence electrons. The highest BCUT2D eigenvalue weighted by molar-refractivity contribution is 7.92. The number of hydrogen-bond donors (Lipinski definition) is 1. The van der Waals surface area contributed by atoms with Gasteiger partial charge in [0, 0.05) is 23.2 Å². The molecule has 2 heterocycles. The predicted octanol–water partition coefficient (Wildman–Crippen LogP) is 4.30. The maximum absolute atomic E-state index is 11.6. The van der Waals surface area contributed by atoms with Gasteiger partial charge in [-0.15, -0.1) is 0 Å². The van der Waals surface area contributed by atoms with E-state index in [0.717, 1.165) is 34.4 Å². The van der Waals surface area contributed by atoms with Gasteiger partial charge >= 0.3 is 0 Å². The van der Waals surface area contributed by atoms with Gasteiger partial charge in [-0.25, -0.2) is 13.4 Å². The quantitative estimate of drug-likeness (QED) is 0.684. The minimum Gasteiger partial charge on any atom is -0.464 e. The average Bonchev–Trinajstić information content (AvgIpc) is 3.19. The average molecular weight is 420 g/mol. The van der Waals surface area contributed by atoms with E-state index in [4.69, 9.17) is 9.84 Å². The monoisotopic (exact) mass is 419 g/mol. The SMILES string of the molecule is CS(=O)(=O)Nc1cccc(C2=NN3[C@H](C2)c2ccccc2O[C@@H]3c2ccccc2)c1. The zero-order valence-electron chi connectivity index (χ0n) is 16.4. The molecule has 5 rings (SSSR count). The Hall–Kier alpha value is -3.32. The van der Waals surface area contributed by atoms with Crippen LogP contribution in [0, 0.1) is 0 Å². The first-order chi connectivity index (χ1) is 14.5. The van der Waals surface area contributed by atoms with E-state index in [9.17, 15) is 8.42 Å². The maximum atomic E-state index is 11.6. The minimum absolute atomic E-state index is 0.0571. The fourth-order valence-electron chi connectivity index (χ4n) is 4.02. The Kier molecular flexibility index (Phi) is 4.47. The fourth-order valence-corrected chi connectivity index (χ4v) is 4.58. The van der Waals surface area contributed by atoms with E-state index in [-0.39, 0.29) is 12.3 Å². The second kappa shape index (κ2) is 7.18. The summed E-state index contributed by atoms with van der Waals surface area (Å²) < 4.78 is 32.1. The van der Waals surface area contributed by atoms with Crippen LogP contribution in [0.2, 0.25) is 0 Å². The Balaban J connectivity index is 1.54. The summed E-state index contributed by atoms with van der Waals surface area (Å²) in [6.07, 6.45) is 1.54. The van der Waals surface area contributed by atoms with Crippen LogP contribution in [0.15, 0.2) is 84.0 Å². The van der Waals surface area contributed by atoms with Gasteiger partial charge in [0.2, 0.25) is 16.3 Å². The van der Waals surface area contributed by atoms with E-state index in [1.807, 2.05) is 71.7 Å². The highest BCUT2D eigenvalue weighted by Crippen LogP contribution is 2.47. The van der Waals surface area contributed by atoms with Gasteiger partial charge in [0.05, 0.1) is 18.0 Å². The number of benzene rings is 3. The van der Waals surface area contributed by atoms with Crippen LogP contribution < -0.4 is 9.46 Å². The largest absolute Gasteiger partial charge is 0.464 e. The lowest BCUT2D eigenvalue weighted by atomic mass is 9.96. The molecule has 0 saturated carbocycles. The third-order valence-corrected chi connectivity index (χ3v) is 5.89. The van der Waals surface area contributed by atoms with Crippen LogP contribution in [0.3, 0.4) is 0 Å². The summed E-state index contributed by atoms with van der Waals surface area (Å²) in [7, 11) is -3.34. The molecule has 1 N–H and O–H groups in total. The Morgan fingerprint density at radius 2 is 1.77 bits per heavy atom. The number of nitrogens with zero attached hydrogens (tertiary/aromatic N) is 2. The number of fused-ring (bicyclic) bond motifs is 3. The van der Waals surface area contributed by atoms with Crippen LogP contribution in [0.5, 0.6) is 5.75 Å². The minimum atomic E-state index is -3.34. The van der Waals surface area contributed by atoms with E-state index >= 15 is 0 Å². The molecular formula is C23H21N3O3S. The molecule has 2 aliphatic heterocycles. The Morgan fingerprint density at radius 1 is 1.00 bits per heavy atom. The molecule has 0 bridgehead atoms.